The molecule has 31 heavy (non-hydrogen) atoms. The molecule has 0 aliphatic heterocycles. The molecule has 0 radical (unpaired) electrons. The first-order valence-corrected chi connectivity index (χ1v) is 9.85. The molecule has 2 aromatic rings. The lowest BCUT2D eigenvalue weighted by atomic mass is 10.3. The molecule has 0 fully saturated rings. The Labute approximate surface area is 189 Å². The predicted molar refractivity (Wildman–Crippen MR) is 113 cm³/mol. The third kappa shape index (κ3) is 12.0. The Morgan fingerprint density at radius 2 is 1.55 bits per heavy atom. The molecule has 8 nitrogen and oxygen atoms in total. The Kier molecular flexibility index (Phi) is 13.9. The van der Waals surface area contributed by atoms with Gasteiger partial charge in [-0.05, 0) is 36.4 Å². The van der Waals surface area contributed by atoms with Gasteiger partial charge in [0, 0.05) is 26.7 Å². The summed E-state index contributed by atoms with van der Waals surface area (Å²) in [6, 6.07) is 16.4. The number of rotatable bonds is 15. The summed E-state index contributed by atoms with van der Waals surface area (Å²) < 4.78 is 21.4. The number of methoxy groups -OCH3 is 1. The minimum atomic E-state index is -0.603. The van der Waals surface area contributed by atoms with Gasteiger partial charge in [0.2, 0.25) is 0 Å². The van der Waals surface area contributed by atoms with Crippen molar-refractivity contribution in [3.05, 3.63) is 54.6 Å². The van der Waals surface area contributed by atoms with E-state index >= 15 is 0 Å². The molecule has 2 rings (SSSR count). The number of carbonyl (C=O) groups excluding carboxylic acids is 1. The lowest BCUT2D eigenvalue weighted by Gasteiger charge is -2.13. The van der Waals surface area contributed by atoms with Crippen LogP contribution < -0.4 is 37.3 Å². The molecular formula is C22H30ClN2O6-. The highest BCUT2D eigenvalue weighted by atomic mass is 35.5. The number of aliphatic hydroxyl groups excluding tert-OH is 1. The highest BCUT2D eigenvalue weighted by molar-refractivity contribution is 5.77. The van der Waals surface area contributed by atoms with E-state index in [-0.39, 0.29) is 31.5 Å². The minimum absolute atomic E-state index is 0. The third-order valence-electron chi connectivity index (χ3n) is 3.94. The summed E-state index contributed by atoms with van der Waals surface area (Å²) in [4.78, 5) is 11.6. The van der Waals surface area contributed by atoms with E-state index in [0.29, 0.717) is 44.3 Å². The van der Waals surface area contributed by atoms with E-state index < -0.39 is 6.10 Å². The highest BCUT2D eigenvalue weighted by Gasteiger charge is 2.05. The Morgan fingerprint density at radius 1 is 0.903 bits per heavy atom. The van der Waals surface area contributed by atoms with Crippen LogP contribution in [0.25, 0.3) is 0 Å². The standard InChI is InChI=1S/C22H30N2O6.ClH/c1-27-13-12-24-22(26)17-30-21-9-7-20(8-10-21)28-14-11-23-15-18(25)16-29-19-5-3-2-4-6-19;/h2-10,18,23,25H,11-17H2,1H3,(H,24,26);1H/p-1/t18-;/m0./s1. The molecule has 2 aromatic carbocycles. The third-order valence-corrected chi connectivity index (χ3v) is 3.94. The molecule has 0 saturated heterocycles. The molecule has 0 aromatic heterocycles. The second-order valence-electron chi connectivity index (χ2n) is 6.43. The number of hydrogen-bond donors (Lipinski definition) is 3. The number of para-hydroxylation sites is 1. The number of amides is 1. The molecule has 9 heteroatoms. The number of halogens is 1. The predicted octanol–water partition coefficient (Wildman–Crippen LogP) is -1.76. The zero-order valence-electron chi connectivity index (χ0n) is 17.6. The van der Waals surface area contributed by atoms with Crippen LogP contribution >= 0.6 is 0 Å². The lowest BCUT2D eigenvalue weighted by Crippen LogP contribution is -3.00. The Balaban J connectivity index is 0.00000480. The highest BCUT2D eigenvalue weighted by Crippen LogP contribution is 2.17. The van der Waals surface area contributed by atoms with E-state index in [4.69, 9.17) is 18.9 Å². The Hall–Kier alpha value is -2.52. The molecule has 0 aliphatic carbocycles. The van der Waals surface area contributed by atoms with Gasteiger partial charge >= 0.3 is 0 Å². The maximum Gasteiger partial charge on any atom is 0.258 e. The summed E-state index contributed by atoms with van der Waals surface area (Å²) in [5.41, 5.74) is 0. The Bertz CT molecular complexity index is 718. The van der Waals surface area contributed by atoms with Gasteiger partial charge in [0.25, 0.3) is 5.91 Å². The van der Waals surface area contributed by atoms with Gasteiger partial charge in [0.1, 0.15) is 36.6 Å². The van der Waals surface area contributed by atoms with Crippen molar-refractivity contribution >= 4 is 5.91 Å². The molecule has 1 amide bonds. The zero-order valence-corrected chi connectivity index (χ0v) is 18.3. The smallest absolute Gasteiger partial charge is 0.258 e. The summed E-state index contributed by atoms with van der Waals surface area (Å²) in [6.07, 6.45) is -0.603. The number of aliphatic hydroxyl groups is 1. The van der Waals surface area contributed by atoms with E-state index in [0.717, 1.165) is 5.75 Å². The molecule has 0 aliphatic rings. The molecule has 1 atom stereocenters. The normalized spacial score (nSPS) is 11.2. The SMILES string of the molecule is COCCNC(=O)COc1ccc(OCCNC[C@H](O)COc2ccccc2)cc1.[Cl-]. The largest absolute Gasteiger partial charge is 1.00 e. The zero-order chi connectivity index (χ0) is 21.4. The average Bonchev–Trinajstić information content (AvgIpc) is 2.78. The van der Waals surface area contributed by atoms with Crippen LogP contribution in [0.15, 0.2) is 54.6 Å². The van der Waals surface area contributed by atoms with Crippen molar-refractivity contribution in [3.8, 4) is 17.2 Å². The first-order valence-electron chi connectivity index (χ1n) is 9.85. The van der Waals surface area contributed by atoms with Crippen LogP contribution in [0.3, 0.4) is 0 Å². The Morgan fingerprint density at radius 3 is 2.23 bits per heavy atom. The molecule has 0 saturated carbocycles. The summed E-state index contributed by atoms with van der Waals surface area (Å²) >= 11 is 0. The van der Waals surface area contributed by atoms with Crippen molar-refractivity contribution in [3.63, 3.8) is 0 Å². The van der Waals surface area contributed by atoms with Crippen molar-refractivity contribution in [1.29, 1.82) is 0 Å². The maximum atomic E-state index is 11.6. The summed E-state index contributed by atoms with van der Waals surface area (Å²) in [7, 11) is 1.58. The minimum Gasteiger partial charge on any atom is -1.00 e. The van der Waals surface area contributed by atoms with Crippen LogP contribution in [0.5, 0.6) is 17.2 Å². The number of ether oxygens (including phenoxy) is 4. The molecule has 0 unspecified atom stereocenters. The summed E-state index contributed by atoms with van der Waals surface area (Å²) in [5.74, 6) is 1.82. The first kappa shape index (κ1) is 26.5. The van der Waals surface area contributed by atoms with Crippen molar-refractivity contribution in [2.24, 2.45) is 0 Å². The first-order chi connectivity index (χ1) is 14.7. The van der Waals surface area contributed by atoms with E-state index in [1.165, 1.54) is 0 Å². The fourth-order valence-electron chi connectivity index (χ4n) is 2.40. The molecule has 3 N–H and O–H groups in total. The van der Waals surface area contributed by atoms with Gasteiger partial charge in [0.05, 0.1) is 6.61 Å². The van der Waals surface area contributed by atoms with E-state index in [2.05, 4.69) is 10.6 Å². The molecule has 0 spiro atoms. The van der Waals surface area contributed by atoms with Crippen LogP contribution in [0.4, 0.5) is 0 Å². The van der Waals surface area contributed by atoms with Crippen LogP contribution in [0.1, 0.15) is 0 Å². The van der Waals surface area contributed by atoms with Crippen molar-refractivity contribution in [2.45, 2.75) is 6.10 Å². The second-order valence-corrected chi connectivity index (χ2v) is 6.43. The van der Waals surface area contributed by atoms with E-state index in [1.807, 2.05) is 30.3 Å². The van der Waals surface area contributed by atoms with Crippen molar-refractivity contribution < 1.29 is 41.3 Å². The van der Waals surface area contributed by atoms with Crippen molar-refractivity contribution in [1.82, 2.24) is 10.6 Å². The maximum absolute atomic E-state index is 11.6. The van der Waals surface area contributed by atoms with Gasteiger partial charge in [-0.3, -0.25) is 4.79 Å². The van der Waals surface area contributed by atoms with E-state index in [1.54, 1.807) is 31.4 Å². The van der Waals surface area contributed by atoms with Gasteiger partial charge < -0.3 is 47.1 Å². The molecule has 0 heterocycles. The fourth-order valence-corrected chi connectivity index (χ4v) is 2.40. The lowest BCUT2D eigenvalue weighted by molar-refractivity contribution is -0.123. The number of nitrogens with one attached hydrogen (secondary N) is 2. The number of hydrogen-bond acceptors (Lipinski definition) is 7. The second kappa shape index (κ2) is 16.2. The fraction of sp³-hybridized carbons (Fsp3) is 0.409. The van der Waals surface area contributed by atoms with Gasteiger partial charge in [-0.15, -0.1) is 0 Å². The number of benzene rings is 2. The topological polar surface area (TPSA) is 98.3 Å². The van der Waals surface area contributed by atoms with Crippen LogP contribution in [-0.2, 0) is 9.53 Å². The molecule has 172 valence electrons. The molecule has 0 bridgehead atoms. The summed E-state index contributed by atoms with van der Waals surface area (Å²) in [5, 5.41) is 15.7. The van der Waals surface area contributed by atoms with Gasteiger partial charge in [-0.1, -0.05) is 18.2 Å². The van der Waals surface area contributed by atoms with Gasteiger partial charge in [0.15, 0.2) is 6.61 Å². The van der Waals surface area contributed by atoms with Gasteiger partial charge in [-0.2, -0.15) is 0 Å². The molecular weight excluding hydrogens is 424 g/mol. The van der Waals surface area contributed by atoms with Crippen LogP contribution in [0.2, 0.25) is 0 Å². The van der Waals surface area contributed by atoms with E-state index in [9.17, 15) is 9.90 Å². The van der Waals surface area contributed by atoms with Crippen LogP contribution in [0, 0.1) is 0 Å². The van der Waals surface area contributed by atoms with Crippen LogP contribution in [-0.4, -0.2) is 70.3 Å². The number of carbonyl (C=O) groups is 1. The van der Waals surface area contributed by atoms with Crippen molar-refractivity contribution in [2.75, 3.05) is 53.2 Å². The monoisotopic (exact) mass is 453 g/mol. The average molecular weight is 454 g/mol. The quantitative estimate of drug-likeness (QED) is 0.275. The summed E-state index contributed by atoms with van der Waals surface area (Å²) in [6.45, 7) is 2.55. The van der Waals surface area contributed by atoms with Gasteiger partial charge in [-0.25, -0.2) is 0 Å².